The monoisotopic (exact) mass is 242 g/mol. The Kier molecular flexibility index (Phi) is 4.54. The summed E-state index contributed by atoms with van der Waals surface area (Å²) in [5.41, 5.74) is 0. The molecule has 0 aromatic carbocycles. The Morgan fingerprint density at radius 2 is 2.00 bits per heavy atom. The van der Waals surface area contributed by atoms with E-state index in [2.05, 4.69) is 6.92 Å². The van der Waals surface area contributed by atoms with Crippen LogP contribution in [-0.2, 0) is 19.0 Å². The van der Waals surface area contributed by atoms with E-state index in [0.717, 1.165) is 19.3 Å². The van der Waals surface area contributed by atoms with Gasteiger partial charge in [0.25, 0.3) is 0 Å². The van der Waals surface area contributed by atoms with Crippen molar-refractivity contribution in [3.8, 4) is 0 Å². The average Bonchev–Trinajstić information content (AvgIpc) is 3.10. The lowest BCUT2D eigenvalue weighted by atomic mass is 10.0. The van der Waals surface area contributed by atoms with Crippen LogP contribution >= 0.6 is 0 Å². The first-order chi connectivity index (χ1) is 8.27. The van der Waals surface area contributed by atoms with Gasteiger partial charge in [0.1, 0.15) is 12.2 Å². The molecule has 2 aliphatic heterocycles. The van der Waals surface area contributed by atoms with Crippen molar-refractivity contribution in [2.24, 2.45) is 0 Å². The average molecular weight is 242 g/mol. The van der Waals surface area contributed by atoms with Crippen LogP contribution in [0, 0.1) is 0 Å². The van der Waals surface area contributed by atoms with Crippen LogP contribution in [0.1, 0.15) is 46.0 Å². The normalized spacial score (nSPS) is 35.8. The smallest absolute Gasteiger partial charge is 0.193 e. The van der Waals surface area contributed by atoms with E-state index >= 15 is 0 Å². The summed E-state index contributed by atoms with van der Waals surface area (Å²) in [5, 5.41) is 0. The number of epoxide rings is 1. The van der Waals surface area contributed by atoms with Crippen molar-refractivity contribution in [3.05, 3.63) is 0 Å². The van der Waals surface area contributed by atoms with Crippen LogP contribution in [-0.4, -0.2) is 37.0 Å². The first-order valence-electron chi connectivity index (χ1n) is 6.74. The van der Waals surface area contributed by atoms with Crippen molar-refractivity contribution in [3.63, 3.8) is 0 Å². The third-order valence-corrected chi connectivity index (χ3v) is 3.34. The number of unbranched alkanes of at least 4 members (excludes halogenated alkanes) is 3. The second-order valence-electron chi connectivity index (χ2n) is 4.72. The maximum atomic E-state index is 11.9. The van der Waals surface area contributed by atoms with Gasteiger partial charge in [0.05, 0.1) is 0 Å². The molecule has 0 bridgehead atoms. The van der Waals surface area contributed by atoms with Gasteiger partial charge in [-0.3, -0.25) is 4.79 Å². The number of ketones is 1. The van der Waals surface area contributed by atoms with Gasteiger partial charge in [-0.1, -0.05) is 32.6 Å². The second kappa shape index (κ2) is 5.94. The highest BCUT2D eigenvalue weighted by Crippen LogP contribution is 2.36. The Labute approximate surface area is 103 Å². The summed E-state index contributed by atoms with van der Waals surface area (Å²) in [6.07, 6.45) is 4.39. The molecule has 0 N–H and O–H groups in total. The summed E-state index contributed by atoms with van der Waals surface area (Å²) in [6, 6.07) is 0. The molecular weight excluding hydrogens is 220 g/mol. The van der Waals surface area contributed by atoms with Gasteiger partial charge >= 0.3 is 0 Å². The van der Waals surface area contributed by atoms with Gasteiger partial charge in [-0.05, 0) is 13.3 Å². The van der Waals surface area contributed by atoms with Crippen LogP contribution in [0.25, 0.3) is 0 Å². The van der Waals surface area contributed by atoms with Gasteiger partial charge in [0.2, 0.25) is 0 Å². The number of carbonyl (C=O) groups excluding carboxylic acids is 1. The van der Waals surface area contributed by atoms with Crippen LogP contribution in [0.15, 0.2) is 0 Å². The van der Waals surface area contributed by atoms with Crippen molar-refractivity contribution in [2.45, 2.75) is 70.6 Å². The highest BCUT2D eigenvalue weighted by Gasteiger charge is 2.57. The summed E-state index contributed by atoms with van der Waals surface area (Å²) >= 11 is 0. The molecule has 2 heterocycles. The highest BCUT2D eigenvalue weighted by atomic mass is 16.7. The Hall–Kier alpha value is -0.450. The zero-order chi connectivity index (χ0) is 12.3. The van der Waals surface area contributed by atoms with Crippen molar-refractivity contribution in [2.75, 3.05) is 6.61 Å². The predicted molar refractivity (Wildman–Crippen MR) is 62.7 cm³/mol. The van der Waals surface area contributed by atoms with Crippen LogP contribution in [0.2, 0.25) is 0 Å². The lowest BCUT2D eigenvalue weighted by molar-refractivity contribution is -0.190. The largest absolute Gasteiger partial charge is 0.356 e. The number of hydrogen-bond acceptors (Lipinski definition) is 4. The molecule has 98 valence electrons. The van der Waals surface area contributed by atoms with E-state index in [0.29, 0.717) is 6.61 Å². The lowest BCUT2D eigenvalue weighted by Crippen LogP contribution is -2.43. The summed E-state index contributed by atoms with van der Waals surface area (Å²) in [7, 11) is 0. The van der Waals surface area contributed by atoms with Crippen molar-refractivity contribution in [1.82, 2.24) is 0 Å². The van der Waals surface area contributed by atoms with Gasteiger partial charge in [-0.25, -0.2) is 0 Å². The number of rotatable bonds is 7. The van der Waals surface area contributed by atoms with E-state index in [1.807, 2.05) is 6.92 Å². The minimum atomic E-state index is -0.334. The Bertz CT molecular complexity index is 266. The molecule has 0 aromatic heterocycles. The summed E-state index contributed by atoms with van der Waals surface area (Å²) in [4.78, 5) is 11.9. The van der Waals surface area contributed by atoms with Gasteiger partial charge in [-0.2, -0.15) is 0 Å². The molecule has 2 fully saturated rings. The summed E-state index contributed by atoms with van der Waals surface area (Å²) in [5.74, 6) is 0.113. The Balaban J connectivity index is 1.78. The molecule has 2 saturated heterocycles. The molecule has 4 unspecified atom stereocenters. The minimum Gasteiger partial charge on any atom is -0.356 e. The predicted octanol–water partition coefficient (Wildman–Crippen LogP) is 2.05. The molecule has 0 saturated carbocycles. The molecule has 4 atom stereocenters. The molecule has 2 rings (SSSR count). The van der Waals surface area contributed by atoms with Crippen molar-refractivity contribution < 1.29 is 19.0 Å². The van der Waals surface area contributed by atoms with Crippen LogP contribution in [0.4, 0.5) is 0 Å². The molecule has 4 heteroatoms. The fraction of sp³-hybridized carbons (Fsp3) is 0.923. The van der Waals surface area contributed by atoms with E-state index in [-0.39, 0.29) is 30.4 Å². The first-order valence-corrected chi connectivity index (χ1v) is 6.74. The fourth-order valence-corrected chi connectivity index (χ4v) is 2.31. The van der Waals surface area contributed by atoms with E-state index < -0.39 is 0 Å². The van der Waals surface area contributed by atoms with E-state index in [9.17, 15) is 4.79 Å². The Morgan fingerprint density at radius 3 is 2.71 bits per heavy atom. The third-order valence-electron chi connectivity index (χ3n) is 3.34. The lowest BCUT2D eigenvalue weighted by Gasteiger charge is -2.25. The number of Topliss-reactive ketones (excluding diaryl/α,β-unsaturated/α-hetero) is 1. The number of carbonyl (C=O) groups is 1. The molecule has 0 spiro atoms. The number of hydrogen-bond donors (Lipinski definition) is 0. The van der Waals surface area contributed by atoms with Crippen LogP contribution in [0.3, 0.4) is 0 Å². The second-order valence-corrected chi connectivity index (χ2v) is 4.72. The van der Waals surface area contributed by atoms with E-state index in [4.69, 9.17) is 14.2 Å². The van der Waals surface area contributed by atoms with E-state index in [1.165, 1.54) is 12.8 Å². The Morgan fingerprint density at radius 1 is 1.18 bits per heavy atom. The van der Waals surface area contributed by atoms with Crippen molar-refractivity contribution >= 4 is 5.78 Å². The molecule has 0 aliphatic carbocycles. The molecule has 4 nitrogen and oxygen atoms in total. The summed E-state index contributed by atoms with van der Waals surface area (Å²) in [6.45, 7) is 4.69. The molecule has 17 heavy (non-hydrogen) atoms. The molecule has 2 aliphatic rings. The quantitative estimate of drug-likeness (QED) is 0.506. The third kappa shape index (κ3) is 3.06. The zero-order valence-corrected chi connectivity index (χ0v) is 10.7. The number of ether oxygens (including phenoxy) is 3. The highest BCUT2D eigenvalue weighted by molar-refractivity contribution is 5.90. The SMILES string of the molecule is CCCCCCC1OC(OCC)C2OC2C1=O. The van der Waals surface area contributed by atoms with Gasteiger partial charge in [0, 0.05) is 6.61 Å². The van der Waals surface area contributed by atoms with Crippen LogP contribution in [0.5, 0.6) is 0 Å². The molecule has 0 aromatic rings. The van der Waals surface area contributed by atoms with Crippen LogP contribution < -0.4 is 0 Å². The molecular formula is C13H22O4. The first kappa shape index (κ1) is 13.0. The summed E-state index contributed by atoms with van der Waals surface area (Å²) < 4.78 is 16.4. The maximum absolute atomic E-state index is 11.9. The number of fused-ring (bicyclic) bond motifs is 1. The zero-order valence-electron chi connectivity index (χ0n) is 10.7. The van der Waals surface area contributed by atoms with Gasteiger partial charge in [0.15, 0.2) is 18.2 Å². The van der Waals surface area contributed by atoms with Gasteiger partial charge < -0.3 is 14.2 Å². The standard InChI is InChI=1S/C13H22O4/c1-3-5-6-7-8-9-10(14)11-12(17-11)13(16-9)15-4-2/h9,11-13H,3-8H2,1-2H3. The minimum absolute atomic E-state index is 0.113. The molecule has 0 amide bonds. The van der Waals surface area contributed by atoms with Crippen molar-refractivity contribution in [1.29, 1.82) is 0 Å². The fourth-order valence-electron chi connectivity index (χ4n) is 2.31. The molecule has 0 radical (unpaired) electrons. The van der Waals surface area contributed by atoms with Gasteiger partial charge in [-0.15, -0.1) is 0 Å². The maximum Gasteiger partial charge on any atom is 0.193 e. The van der Waals surface area contributed by atoms with E-state index in [1.54, 1.807) is 0 Å². The topological polar surface area (TPSA) is 48.1 Å².